The first kappa shape index (κ1) is 10.6. The monoisotopic (exact) mass is 173 g/mol. The van der Waals surface area contributed by atoms with Gasteiger partial charge >= 0.3 is 0 Å². The van der Waals surface area contributed by atoms with Crippen LogP contribution in [0.15, 0.2) is 11.6 Å². The summed E-state index contributed by atoms with van der Waals surface area (Å²) in [5, 5.41) is 0. The van der Waals surface area contributed by atoms with Gasteiger partial charge in [-0.15, -0.1) is 0 Å². The Morgan fingerprint density at radius 1 is 1.27 bits per heavy atom. The largest absolute Gasteiger partial charge is 0.483 e. The summed E-state index contributed by atoms with van der Waals surface area (Å²) < 4.78 is 5.21. The molecular formula is C8H19NOSi. The van der Waals surface area contributed by atoms with Gasteiger partial charge in [-0.3, -0.25) is 0 Å². The fraction of sp³-hybridized carbons (Fsp3) is 0.750. The van der Waals surface area contributed by atoms with Gasteiger partial charge in [-0.25, -0.2) is 0 Å². The first-order valence-electron chi connectivity index (χ1n) is 3.81. The molecule has 0 atom stereocenters. The van der Waals surface area contributed by atoms with Crippen LogP contribution in [0.5, 0.6) is 0 Å². The Bertz CT molecular complexity index is 147. The zero-order chi connectivity index (χ0) is 9.07. The highest BCUT2D eigenvalue weighted by molar-refractivity contribution is 6.81. The van der Waals surface area contributed by atoms with Crippen molar-refractivity contribution in [3.63, 3.8) is 0 Å². The fourth-order valence-corrected chi connectivity index (χ4v) is 1.86. The van der Waals surface area contributed by atoms with Crippen LogP contribution in [-0.4, -0.2) is 34.2 Å². The average molecular weight is 173 g/mol. The van der Waals surface area contributed by atoms with Crippen molar-refractivity contribution >= 4 is 8.07 Å². The summed E-state index contributed by atoms with van der Waals surface area (Å²) >= 11 is 0. The predicted molar refractivity (Wildman–Crippen MR) is 52.1 cm³/mol. The minimum Gasteiger partial charge on any atom is -0.483 e. The maximum Gasteiger partial charge on any atom is 0.180 e. The van der Waals surface area contributed by atoms with Crippen LogP contribution < -0.4 is 0 Å². The number of methoxy groups -OCH3 is 1. The van der Waals surface area contributed by atoms with E-state index in [2.05, 4.69) is 25.3 Å². The smallest absolute Gasteiger partial charge is 0.180 e. The maximum atomic E-state index is 5.21. The average Bonchev–Trinajstić information content (AvgIpc) is 1.80. The van der Waals surface area contributed by atoms with Crippen LogP contribution in [-0.2, 0) is 4.74 Å². The van der Waals surface area contributed by atoms with Crippen LogP contribution in [0.2, 0.25) is 19.6 Å². The van der Waals surface area contributed by atoms with Gasteiger partial charge in [-0.1, -0.05) is 19.6 Å². The van der Waals surface area contributed by atoms with E-state index in [9.17, 15) is 0 Å². The van der Waals surface area contributed by atoms with E-state index in [0.717, 1.165) is 5.88 Å². The molecule has 0 saturated heterocycles. The molecule has 0 unspecified atom stereocenters. The van der Waals surface area contributed by atoms with E-state index in [1.807, 2.05) is 19.0 Å². The van der Waals surface area contributed by atoms with Crippen molar-refractivity contribution < 1.29 is 4.74 Å². The van der Waals surface area contributed by atoms with Crippen molar-refractivity contribution in [2.75, 3.05) is 21.2 Å². The lowest BCUT2D eigenvalue weighted by atomic mass is 10.8. The van der Waals surface area contributed by atoms with Gasteiger partial charge in [0.25, 0.3) is 0 Å². The minimum absolute atomic E-state index is 0.976. The quantitative estimate of drug-likeness (QED) is 0.477. The summed E-state index contributed by atoms with van der Waals surface area (Å²) in [6.07, 6.45) is 0. The van der Waals surface area contributed by atoms with E-state index in [1.54, 1.807) is 7.11 Å². The number of ether oxygens (including phenoxy) is 1. The summed E-state index contributed by atoms with van der Waals surface area (Å²) in [6.45, 7) is 6.86. The van der Waals surface area contributed by atoms with Gasteiger partial charge in [0.05, 0.1) is 15.2 Å². The molecule has 0 aliphatic rings. The number of rotatable bonds is 3. The summed E-state index contributed by atoms with van der Waals surface area (Å²) in [7, 11) is 4.57. The van der Waals surface area contributed by atoms with Crippen LogP contribution in [0.25, 0.3) is 0 Å². The van der Waals surface area contributed by atoms with E-state index in [4.69, 9.17) is 4.74 Å². The molecule has 0 aromatic carbocycles. The molecule has 0 bridgehead atoms. The standard InChI is InChI=1S/C8H19NOSi/c1-9(2)8(10-3)7-11(4,5)6/h7H,1-6H3/b8-7-. The number of hydrogen-bond acceptors (Lipinski definition) is 2. The Labute approximate surface area is 70.9 Å². The van der Waals surface area contributed by atoms with Crippen LogP contribution in [0.1, 0.15) is 0 Å². The molecular weight excluding hydrogens is 154 g/mol. The van der Waals surface area contributed by atoms with Crippen molar-refractivity contribution in [2.24, 2.45) is 0 Å². The Balaban J connectivity index is 4.36. The third kappa shape index (κ3) is 4.90. The van der Waals surface area contributed by atoms with Gasteiger partial charge in [0.2, 0.25) is 0 Å². The van der Waals surface area contributed by atoms with E-state index in [0.29, 0.717) is 0 Å². The van der Waals surface area contributed by atoms with E-state index >= 15 is 0 Å². The maximum absolute atomic E-state index is 5.21. The van der Waals surface area contributed by atoms with Crippen LogP contribution in [0.4, 0.5) is 0 Å². The van der Waals surface area contributed by atoms with E-state index in [1.165, 1.54) is 0 Å². The number of nitrogens with zero attached hydrogens (tertiary/aromatic N) is 1. The lowest BCUT2D eigenvalue weighted by Gasteiger charge is -2.19. The Kier molecular flexibility index (Phi) is 3.65. The second-order valence-electron chi connectivity index (χ2n) is 3.95. The fourth-order valence-electron chi connectivity index (χ4n) is 0.741. The van der Waals surface area contributed by atoms with Gasteiger partial charge in [0, 0.05) is 14.1 Å². The molecule has 0 rings (SSSR count). The molecule has 0 aliphatic carbocycles. The van der Waals surface area contributed by atoms with Crippen LogP contribution in [0, 0.1) is 0 Å². The number of hydrogen-bond donors (Lipinski definition) is 0. The Hall–Kier alpha value is -0.443. The summed E-state index contributed by atoms with van der Waals surface area (Å²) in [4.78, 5) is 2.00. The predicted octanol–water partition coefficient (Wildman–Crippen LogP) is 1.91. The van der Waals surface area contributed by atoms with E-state index in [-0.39, 0.29) is 0 Å². The molecule has 0 N–H and O–H groups in total. The van der Waals surface area contributed by atoms with Gasteiger partial charge in [0.1, 0.15) is 0 Å². The third-order valence-corrected chi connectivity index (χ3v) is 2.32. The highest BCUT2D eigenvalue weighted by Gasteiger charge is 2.12. The van der Waals surface area contributed by atoms with E-state index < -0.39 is 8.07 Å². The van der Waals surface area contributed by atoms with Gasteiger partial charge in [0.15, 0.2) is 5.88 Å². The van der Waals surface area contributed by atoms with Gasteiger partial charge < -0.3 is 9.64 Å². The molecule has 0 radical (unpaired) electrons. The van der Waals surface area contributed by atoms with Gasteiger partial charge in [-0.2, -0.15) is 0 Å². The third-order valence-electron chi connectivity index (χ3n) is 1.21. The highest BCUT2D eigenvalue weighted by atomic mass is 28.3. The molecule has 0 saturated carbocycles. The summed E-state index contributed by atoms with van der Waals surface area (Å²) in [5.41, 5.74) is 2.24. The first-order valence-corrected chi connectivity index (χ1v) is 7.39. The Morgan fingerprint density at radius 3 is 1.82 bits per heavy atom. The molecule has 66 valence electrons. The SMILES string of the molecule is CO/C(=C\[Si](C)(C)C)N(C)C. The second-order valence-corrected chi connectivity index (χ2v) is 8.97. The molecule has 0 heterocycles. The molecule has 0 aromatic rings. The molecule has 0 fully saturated rings. The molecule has 0 amide bonds. The van der Waals surface area contributed by atoms with Gasteiger partial charge in [-0.05, 0) is 5.70 Å². The highest BCUT2D eigenvalue weighted by Crippen LogP contribution is 2.08. The zero-order valence-electron chi connectivity index (χ0n) is 8.43. The normalized spacial score (nSPS) is 13.1. The molecule has 0 spiro atoms. The summed E-state index contributed by atoms with van der Waals surface area (Å²) in [6, 6.07) is 0. The molecule has 2 nitrogen and oxygen atoms in total. The van der Waals surface area contributed by atoms with Crippen molar-refractivity contribution in [2.45, 2.75) is 19.6 Å². The zero-order valence-corrected chi connectivity index (χ0v) is 9.43. The summed E-state index contributed by atoms with van der Waals surface area (Å²) in [5.74, 6) is 0.976. The lowest BCUT2D eigenvalue weighted by molar-refractivity contribution is 0.195. The Morgan fingerprint density at radius 2 is 1.73 bits per heavy atom. The molecule has 11 heavy (non-hydrogen) atoms. The van der Waals surface area contributed by atoms with Crippen molar-refractivity contribution in [1.29, 1.82) is 0 Å². The van der Waals surface area contributed by atoms with Crippen molar-refractivity contribution in [1.82, 2.24) is 4.90 Å². The van der Waals surface area contributed by atoms with Crippen molar-refractivity contribution in [3.05, 3.63) is 11.6 Å². The minimum atomic E-state index is -1.13. The molecule has 0 aromatic heterocycles. The lowest BCUT2D eigenvalue weighted by Crippen LogP contribution is -2.22. The second kappa shape index (κ2) is 3.81. The van der Waals surface area contributed by atoms with Crippen LogP contribution >= 0.6 is 0 Å². The van der Waals surface area contributed by atoms with Crippen molar-refractivity contribution in [3.8, 4) is 0 Å². The first-order chi connectivity index (χ1) is 4.87. The molecule has 3 heteroatoms. The molecule has 0 aliphatic heterocycles. The van der Waals surface area contributed by atoms with Crippen LogP contribution in [0.3, 0.4) is 0 Å². The topological polar surface area (TPSA) is 12.5 Å².